The van der Waals surface area contributed by atoms with Gasteiger partial charge in [0.25, 0.3) is 0 Å². The van der Waals surface area contributed by atoms with Gasteiger partial charge in [-0.15, -0.1) is 0 Å². The first-order chi connectivity index (χ1) is 10.8. The first-order valence-corrected chi connectivity index (χ1v) is 8.44. The quantitative estimate of drug-likeness (QED) is 0.926. The van der Waals surface area contributed by atoms with Crippen LogP contribution in [0, 0.1) is 0 Å². The van der Waals surface area contributed by atoms with E-state index in [0.29, 0.717) is 18.6 Å². The smallest absolute Gasteiger partial charge is 0.407 e. The molecule has 1 aliphatic heterocycles. The number of carbonyl (C=O) groups excluding carboxylic acids is 1. The molecule has 1 aromatic rings. The zero-order chi connectivity index (χ0) is 17.0. The van der Waals surface area contributed by atoms with Gasteiger partial charge in [-0.3, -0.25) is 0 Å². The number of hydrogen-bond acceptors (Lipinski definition) is 4. The van der Waals surface area contributed by atoms with Crippen molar-refractivity contribution in [2.45, 2.75) is 64.6 Å². The van der Waals surface area contributed by atoms with E-state index in [9.17, 15) is 4.79 Å². The van der Waals surface area contributed by atoms with E-state index in [1.807, 2.05) is 33.3 Å². The lowest BCUT2D eigenvalue weighted by Gasteiger charge is -2.36. The molecule has 1 aliphatic rings. The Balaban J connectivity index is 1.86. The summed E-state index contributed by atoms with van der Waals surface area (Å²) in [6.45, 7) is 9.53. The fourth-order valence-electron chi connectivity index (χ4n) is 2.98. The largest absolute Gasteiger partial charge is 0.444 e. The molecule has 0 bridgehead atoms. The van der Waals surface area contributed by atoms with Crippen molar-refractivity contribution in [3.8, 4) is 0 Å². The van der Waals surface area contributed by atoms with Gasteiger partial charge in [-0.2, -0.15) is 0 Å². The number of alkyl carbamates (subject to hydrolysis) is 1. The average molecular weight is 322 g/mol. The summed E-state index contributed by atoms with van der Waals surface area (Å²) in [5.41, 5.74) is 0.707. The molecule has 2 rings (SSSR count). The van der Waals surface area contributed by atoms with E-state index < -0.39 is 5.60 Å². The van der Waals surface area contributed by atoms with Crippen molar-refractivity contribution >= 4 is 6.09 Å². The molecule has 6 heteroatoms. The zero-order valence-electron chi connectivity index (χ0n) is 15.0. The Kier molecular flexibility index (Phi) is 5.68. The van der Waals surface area contributed by atoms with Gasteiger partial charge in [-0.05, 0) is 47.6 Å². The lowest BCUT2D eigenvalue weighted by Crippen LogP contribution is -2.38. The van der Waals surface area contributed by atoms with Gasteiger partial charge >= 0.3 is 6.09 Å². The van der Waals surface area contributed by atoms with Crippen LogP contribution in [-0.4, -0.2) is 52.3 Å². The molecule has 1 N–H and O–H groups in total. The number of ether oxygens (including phenoxy) is 1. The topological polar surface area (TPSA) is 59.4 Å². The molecule has 1 amide bonds. The number of piperidine rings is 1. The third-order valence-corrected chi connectivity index (χ3v) is 4.37. The van der Waals surface area contributed by atoms with E-state index in [-0.39, 0.29) is 6.09 Å². The first-order valence-electron chi connectivity index (χ1n) is 8.44. The van der Waals surface area contributed by atoms with E-state index in [2.05, 4.69) is 33.7 Å². The maximum atomic E-state index is 11.7. The molecule has 1 fully saturated rings. The summed E-state index contributed by atoms with van der Waals surface area (Å²) in [4.78, 5) is 18.4. The summed E-state index contributed by atoms with van der Waals surface area (Å²) >= 11 is 0. The Hall–Kier alpha value is -1.56. The number of rotatable bonds is 4. The van der Waals surface area contributed by atoms with Crippen molar-refractivity contribution in [3.05, 3.63) is 18.2 Å². The van der Waals surface area contributed by atoms with Gasteiger partial charge < -0.3 is 19.5 Å². The molecule has 2 unspecified atom stereocenters. The maximum Gasteiger partial charge on any atom is 0.407 e. The second kappa shape index (κ2) is 7.34. The van der Waals surface area contributed by atoms with Gasteiger partial charge in [0, 0.05) is 43.5 Å². The number of likely N-dealkylation sites (tertiary alicyclic amines) is 1. The Morgan fingerprint density at radius 3 is 2.87 bits per heavy atom. The molecule has 2 heterocycles. The highest BCUT2D eigenvalue weighted by molar-refractivity contribution is 5.67. The summed E-state index contributed by atoms with van der Waals surface area (Å²) < 4.78 is 7.53. The molecule has 0 saturated carbocycles. The number of imidazole rings is 1. The molecule has 1 saturated heterocycles. The number of aromatic nitrogens is 2. The summed E-state index contributed by atoms with van der Waals surface area (Å²) in [7, 11) is 2.18. The molecule has 6 nitrogen and oxygen atoms in total. The van der Waals surface area contributed by atoms with Crippen molar-refractivity contribution in [2.75, 3.05) is 20.1 Å². The summed E-state index contributed by atoms with van der Waals surface area (Å²) in [6, 6.07) is 1.09. The fraction of sp³-hybridized carbons (Fsp3) is 0.765. The van der Waals surface area contributed by atoms with E-state index in [0.717, 1.165) is 25.8 Å². The molecule has 0 radical (unpaired) electrons. The predicted octanol–water partition coefficient (Wildman–Crippen LogP) is 2.61. The Morgan fingerprint density at radius 2 is 2.22 bits per heavy atom. The minimum Gasteiger partial charge on any atom is -0.444 e. The van der Waals surface area contributed by atoms with Crippen molar-refractivity contribution in [1.29, 1.82) is 0 Å². The SMILES string of the molecule is CC1CC(n2cncc2CCNC(=O)OC(C)(C)C)CCN1C. The van der Waals surface area contributed by atoms with Crippen LogP contribution >= 0.6 is 0 Å². The number of hydrogen-bond donors (Lipinski definition) is 1. The molecular formula is C17H30N4O2. The van der Waals surface area contributed by atoms with Crippen LogP contribution in [0.15, 0.2) is 12.5 Å². The van der Waals surface area contributed by atoms with Crippen molar-refractivity contribution in [3.63, 3.8) is 0 Å². The van der Waals surface area contributed by atoms with Crippen molar-refractivity contribution < 1.29 is 9.53 Å². The van der Waals surface area contributed by atoms with E-state index in [1.54, 1.807) is 0 Å². The van der Waals surface area contributed by atoms with Crippen LogP contribution in [0.25, 0.3) is 0 Å². The lowest BCUT2D eigenvalue weighted by molar-refractivity contribution is 0.0528. The monoisotopic (exact) mass is 322 g/mol. The third kappa shape index (κ3) is 5.23. The minimum atomic E-state index is -0.462. The fourth-order valence-corrected chi connectivity index (χ4v) is 2.98. The van der Waals surface area contributed by atoms with Crippen LogP contribution in [0.1, 0.15) is 52.3 Å². The standard InChI is InChI=1S/C17H30N4O2/c1-13-10-14(7-9-20(13)5)21-12-18-11-15(21)6-8-19-16(22)23-17(2,3)4/h11-14H,6-10H2,1-5H3,(H,19,22). The van der Waals surface area contributed by atoms with Gasteiger partial charge in [0.15, 0.2) is 0 Å². The summed E-state index contributed by atoms with van der Waals surface area (Å²) in [6.07, 6.45) is 6.50. The highest BCUT2D eigenvalue weighted by atomic mass is 16.6. The molecule has 2 atom stereocenters. The van der Waals surface area contributed by atoms with Crippen LogP contribution in [-0.2, 0) is 11.2 Å². The van der Waals surface area contributed by atoms with Gasteiger partial charge in [0.2, 0.25) is 0 Å². The highest BCUT2D eigenvalue weighted by Gasteiger charge is 2.25. The molecule has 0 spiro atoms. The Labute approximate surface area is 139 Å². The van der Waals surface area contributed by atoms with E-state index >= 15 is 0 Å². The number of carbonyl (C=O) groups is 1. The van der Waals surface area contributed by atoms with Gasteiger partial charge in [-0.1, -0.05) is 0 Å². The molecule has 130 valence electrons. The Bertz CT molecular complexity index is 521. The van der Waals surface area contributed by atoms with E-state index in [4.69, 9.17) is 4.74 Å². The zero-order valence-corrected chi connectivity index (χ0v) is 15.0. The van der Waals surface area contributed by atoms with Gasteiger partial charge in [-0.25, -0.2) is 9.78 Å². The normalized spacial score (nSPS) is 22.8. The van der Waals surface area contributed by atoms with Crippen LogP contribution in [0.3, 0.4) is 0 Å². The van der Waals surface area contributed by atoms with Crippen LogP contribution in [0.4, 0.5) is 4.79 Å². The summed E-state index contributed by atoms with van der Waals surface area (Å²) in [5, 5.41) is 2.81. The highest BCUT2D eigenvalue weighted by Crippen LogP contribution is 2.27. The maximum absolute atomic E-state index is 11.7. The second-order valence-electron chi connectivity index (χ2n) is 7.48. The molecule has 0 aromatic carbocycles. The average Bonchev–Trinajstić information content (AvgIpc) is 2.88. The number of amides is 1. The van der Waals surface area contributed by atoms with Crippen LogP contribution < -0.4 is 5.32 Å². The predicted molar refractivity (Wildman–Crippen MR) is 90.5 cm³/mol. The third-order valence-electron chi connectivity index (χ3n) is 4.37. The van der Waals surface area contributed by atoms with Gasteiger partial charge in [0.1, 0.15) is 5.60 Å². The molecule has 1 aromatic heterocycles. The number of nitrogens with zero attached hydrogens (tertiary/aromatic N) is 3. The minimum absolute atomic E-state index is 0.364. The summed E-state index contributed by atoms with van der Waals surface area (Å²) in [5.74, 6) is 0. The molecular weight excluding hydrogens is 292 g/mol. The van der Waals surface area contributed by atoms with Crippen LogP contribution in [0.5, 0.6) is 0 Å². The van der Waals surface area contributed by atoms with E-state index in [1.165, 1.54) is 5.69 Å². The Morgan fingerprint density at radius 1 is 1.48 bits per heavy atom. The molecule has 23 heavy (non-hydrogen) atoms. The lowest BCUT2D eigenvalue weighted by atomic mass is 9.98. The number of nitrogens with one attached hydrogen (secondary N) is 1. The van der Waals surface area contributed by atoms with Crippen molar-refractivity contribution in [1.82, 2.24) is 19.8 Å². The molecule has 0 aliphatic carbocycles. The van der Waals surface area contributed by atoms with Crippen molar-refractivity contribution in [2.24, 2.45) is 0 Å². The van der Waals surface area contributed by atoms with Crippen LogP contribution in [0.2, 0.25) is 0 Å². The second-order valence-corrected chi connectivity index (χ2v) is 7.48. The van der Waals surface area contributed by atoms with Gasteiger partial charge in [0.05, 0.1) is 6.33 Å². The first kappa shape index (κ1) is 17.8.